The number of halogens is 4. The number of piperidine rings is 1. The number of hydrogen-bond acceptors (Lipinski definition) is 5. The second-order valence-electron chi connectivity index (χ2n) is 11.7. The molecule has 40 heavy (non-hydrogen) atoms. The van der Waals surface area contributed by atoms with Gasteiger partial charge in [0.25, 0.3) is 5.91 Å². The van der Waals surface area contributed by atoms with Gasteiger partial charge in [-0.3, -0.25) is 14.5 Å². The number of methoxy groups -OCH3 is 1. The maximum absolute atomic E-state index is 14.4. The zero-order chi connectivity index (χ0) is 29.6. The van der Waals surface area contributed by atoms with Crippen LogP contribution in [0.1, 0.15) is 46.0 Å². The number of carbonyl (C=O) groups excluding carboxylic acids is 3. The molecule has 2 N–H and O–H groups in total. The number of nitrogens with zero attached hydrogens (tertiary/aromatic N) is 3. The molecule has 0 aromatic rings. The van der Waals surface area contributed by atoms with Crippen molar-refractivity contribution in [1.82, 2.24) is 20.0 Å². The number of aliphatic hydroxyl groups is 1. The topological polar surface area (TPSA) is 102 Å². The van der Waals surface area contributed by atoms with Crippen LogP contribution in [0.4, 0.5) is 22.4 Å². The minimum atomic E-state index is -4.72. The number of urea groups is 1. The molecular formula is C27H38F4N4O5. The van der Waals surface area contributed by atoms with Crippen molar-refractivity contribution in [3.8, 4) is 0 Å². The number of nitrogens with one attached hydrogen (secondary N) is 1. The van der Waals surface area contributed by atoms with Crippen LogP contribution in [0.5, 0.6) is 0 Å². The van der Waals surface area contributed by atoms with Gasteiger partial charge in [0.2, 0.25) is 5.91 Å². The van der Waals surface area contributed by atoms with E-state index in [1.807, 2.05) is 0 Å². The van der Waals surface area contributed by atoms with Crippen molar-refractivity contribution in [2.24, 2.45) is 11.8 Å². The highest BCUT2D eigenvalue weighted by molar-refractivity contribution is 5.98. The van der Waals surface area contributed by atoms with Gasteiger partial charge in [-0.1, -0.05) is 19.9 Å². The van der Waals surface area contributed by atoms with E-state index in [0.717, 1.165) is 12.8 Å². The molecule has 3 atom stereocenters. The molecule has 2 heterocycles. The maximum atomic E-state index is 14.4. The standard InChI is InChI=1S/C27H38F4N4O5/c1-15(2)21(32-22(36)19-13-17(27(29,30)31)5-6-20(19)28)23(37)34-9-7-26(8-10-34)24(38)33(3)25(39)35(26)14-16-11-18(12-16)40-4/h5,13,15-16,18,20-21,24,38H,6-12,14H2,1-4H3,(H,32,36)/t16?,18?,20?,21-,24-/m1/s1. The largest absolute Gasteiger partial charge is 0.416 e. The van der Waals surface area contributed by atoms with E-state index in [9.17, 15) is 37.1 Å². The fourth-order valence-electron chi connectivity index (χ4n) is 6.18. The molecule has 2 aliphatic carbocycles. The first-order valence-corrected chi connectivity index (χ1v) is 13.7. The van der Waals surface area contributed by atoms with E-state index in [2.05, 4.69) is 5.32 Å². The minimum absolute atomic E-state index is 0.164. The van der Waals surface area contributed by atoms with Gasteiger partial charge in [-0.15, -0.1) is 0 Å². The Bertz CT molecular complexity index is 1060. The molecule has 2 saturated heterocycles. The van der Waals surface area contributed by atoms with Gasteiger partial charge in [0.1, 0.15) is 12.2 Å². The zero-order valence-electron chi connectivity index (χ0n) is 23.2. The predicted octanol–water partition coefficient (Wildman–Crippen LogP) is 2.76. The summed E-state index contributed by atoms with van der Waals surface area (Å²) >= 11 is 0. The summed E-state index contributed by atoms with van der Waals surface area (Å²) in [6.45, 7) is 4.24. The molecule has 0 bridgehead atoms. The number of carbonyl (C=O) groups is 3. The van der Waals surface area contributed by atoms with Crippen LogP contribution in [0.2, 0.25) is 0 Å². The Morgan fingerprint density at radius 2 is 1.85 bits per heavy atom. The predicted molar refractivity (Wildman–Crippen MR) is 136 cm³/mol. The highest BCUT2D eigenvalue weighted by atomic mass is 19.4. The first-order chi connectivity index (χ1) is 18.7. The Labute approximate surface area is 231 Å². The molecule has 1 unspecified atom stereocenters. The van der Waals surface area contributed by atoms with Gasteiger partial charge >= 0.3 is 12.2 Å². The van der Waals surface area contributed by atoms with Crippen molar-refractivity contribution in [1.29, 1.82) is 0 Å². The summed E-state index contributed by atoms with van der Waals surface area (Å²) in [4.78, 5) is 43.9. The monoisotopic (exact) mass is 574 g/mol. The second-order valence-corrected chi connectivity index (χ2v) is 11.7. The lowest BCUT2D eigenvalue weighted by Crippen LogP contribution is -2.62. The average Bonchev–Trinajstić information content (AvgIpc) is 3.04. The molecular weight excluding hydrogens is 536 g/mol. The Kier molecular flexibility index (Phi) is 8.56. The second kappa shape index (κ2) is 11.3. The quantitative estimate of drug-likeness (QED) is 0.456. The average molecular weight is 575 g/mol. The van der Waals surface area contributed by atoms with Crippen LogP contribution < -0.4 is 5.32 Å². The number of allylic oxidation sites excluding steroid dienone is 3. The lowest BCUT2D eigenvalue weighted by Gasteiger charge is -2.48. The van der Waals surface area contributed by atoms with Crippen LogP contribution in [0, 0.1) is 11.8 Å². The van der Waals surface area contributed by atoms with Gasteiger partial charge in [-0.2, -0.15) is 13.2 Å². The molecule has 3 fully saturated rings. The Morgan fingerprint density at radius 1 is 1.23 bits per heavy atom. The lowest BCUT2D eigenvalue weighted by molar-refractivity contribution is -0.141. The van der Waals surface area contributed by atoms with E-state index in [0.29, 0.717) is 31.5 Å². The molecule has 0 aromatic carbocycles. The SMILES string of the molecule is COC1CC(CN2C(=O)N(C)[C@H](O)C23CCN(C(=O)[C@H](NC(=O)C2=CC(C(F)(F)F)=CCC2F)C(C)C)CC3)C1. The van der Waals surface area contributed by atoms with Crippen molar-refractivity contribution in [3.63, 3.8) is 0 Å². The van der Waals surface area contributed by atoms with Gasteiger partial charge in [0.05, 0.1) is 22.8 Å². The van der Waals surface area contributed by atoms with Crippen molar-refractivity contribution < 1.29 is 41.8 Å². The number of alkyl halides is 4. The Morgan fingerprint density at radius 3 is 2.40 bits per heavy atom. The van der Waals surface area contributed by atoms with Crippen molar-refractivity contribution in [3.05, 3.63) is 23.3 Å². The van der Waals surface area contributed by atoms with Gasteiger partial charge in [-0.25, -0.2) is 9.18 Å². The molecule has 0 radical (unpaired) electrons. The number of likely N-dealkylation sites (N-methyl/N-ethyl adjacent to an activating group) is 1. The number of likely N-dealkylation sites (tertiary alicyclic amines) is 1. The summed E-state index contributed by atoms with van der Waals surface area (Å²) in [7, 11) is 3.20. The fourth-order valence-corrected chi connectivity index (χ4v) is 6.18. The van der Waals surface area contributed by atoms with Gasteiger partial charge in [0, 0.05) is 40.2 Å². The number of hydrogen-bond donors (Lipinski definition) is 2. The van der Waals surface area contributed by atoms with E-state index in [1.165, 1.54) is 9.80 Å². The van der Waals surface area contributed by atoms with Crippen LogP contribution in [0.3, 0.4) is 0 Å². The highest BCUT2D eigenvalue weighted by Gasteiger charge is 2.57. The summed E-state index contributed by atoms with van der Waals surface area (Å²) in [5.41, 5.74) is -2.63. The van der Waals surface area contributed by atoms with Crippen LogP contribution in [-0.4, -0.2) is 108 Å². The number of rotatable bonds is 7. The Hall–Kier alpha value is -2.67. The van der Waals surface area contributed by atoms with Crippen LogP contribution in [0.15, 0.2) is 23.3 Å². The highest BCUT2D eigenvalue weighted by Crippen LogP contribution is 2.42. The molecule has 4 amide bonds. The van der Waals surface area contributed by atoms with E-state index < -0.39 is 65.5 Å². The molecule has 13 heteroatoms. The molecule has 1 spiro atoms. The smallest absolute Gasteiger partial charge is 0.381 e. The third-order valence-electron chi connectivity index (χ3n) is 8.83. The van der Waals surface area contributed by atoms with Crippen LogP contribution in [-0.2, 0) is 14.3 Å². The minimum Gasteiger partial charge on any atom is -0.381 e. The van der Waals surface area contributed by atoms with E-state index >= 15 is 0 Å². The van der Waals surface area contributed by atoms with E-state index in [1.54, 1.807) is 32.9 Å². The zero-order valence-corrected chi connectivity index (χ0v) is 23.2. The summed E-state index contributed by atoms with van der Waals surface area (Å²) in [6, 6.07) is -1.36. The summed E-state index contributed by atoms with van der Waals surface area (Å²) in [5, 5.41) is 13.5. The molecule has 4 aliphatic rings. The number of aliphatic hydroxyl groups excluding tert-OH is 1. The number of amides is 4. The molecule has 224 valence electrons. The third kappa shape index (κ3) is 5.59. The first kappa shape index (κ1) is 30.3. The van der Waals surface area contributed by atoms with Crippen molar-refractivity contribution in [2.75, 3.05) is 33.8 Å². The third-order valence-corrected chi connectivity index (χ3v) is 8.83. The van der Waals surface area contributed by atoms with E-state index in [-0.39, 0.29) is 31.1 Å². The molecule has 4 rings (SSSR count). The normalized spacial score (nSPS) is 29.4. The molecule has 0 aromatic heterocycles. The molecule has 9 nitrogen and oxygen atoms in total. The summed E-state index contributed by atoms with van der Waals surface area (Å²) < 4.78 is 59.2. The summed E-state index contributed by atoms with van der Waals surface area (Å²) in [6.07, 6.45) is -4.62. The molecule has 1 saturated carbocycles. The van der Waals surface area contributed by atoms with Gasteiger partial charge in [0.15, 0.2) is 6.23 Å². The molecule has 2 aliphatic heterocycles. The van der Waals surface area contributed by atoms with E-state index in [4.69, 9.17) is 4.74 Å². The lowest BCUT2D eigenvalue weighted by atomic mass is 9.79. The van der Waals surface area contributed by atoms with Crippen LogP contribution >= 0.6 is 0 Å². The van der Waals surface area contributed by atoms with Gasteiger partial charge < -0.3 is 25.0 Å². The maximum Gasteiger partial charge on any atom is 0.416 e. The first-order valence-electron chi connectivity index (χ1n) is 13.7. The van der Waals surface area contributed by atoms with Crippen LogP contribution in [0.25, 0.3) is 0 Å². The van der Waals surface area contributed by atoms with Gasteiger partial charge in [-0.05, 0) is 43.6 Å². The number of ether oxygens (including phenoxy) is 1. The van der Waals surface area contributed by atoms with Crippen molar-refractivity contribution in [2.45, 2.75) is 82.2 Å². The fraction of sp³-hybridized carbons (Fsp3) is 0.741. The van der Waals surface area contributed by atoms with Crippen molar-refractivity contribution >= 4 is 17.8 Å². The summed E-state index contributed by atoms with van der Waals surface area (Å²) in [5.74, 6) is -1.67. The Balaban J connectivity index is 1.44.